The summed E-state index contributed by atoms with van der Waals surface area (Å²) in [7, 11) is -4.40. The summed E-state index contributed by atoms with van der Waals surface area (Å²) in [4.78, 5) is 35.5. The molecule has 0 aliphatic rings. The molecule has 99 heavy (non-hydrogen) atoms. The first-order chi connectivity index (χ1) is 48.8. The minimum atomic E-state index is -4.40. The van der Waals surface area contributed by atoms with Gasteiger partial charge in [-0.05, 0) is 96.3 Å². The van der Waals surface area contributed by atoms with Gasteiger partial charge in [0.05, 0.1) is 13.2 Å². The molecule has 10 heteroatoms. The number of phosphoric acid groups is 1. The summed E-state index contributed by atoms with van der Waals surface area (Å²) in [6.45, 7) is 3.69. The van der Waals surface area contributed by atoms with E-state index in [1.165, 1.54) is 308 Å². The number of phosphoric ester groups is 1. The number of carbonyl (C=O) groups excluding carboxylic acids is 2. The molecule has 576 valence electrons. The number of allylic oxidation sites excluding steroid dienone is 16. The van der Waals surface area contributed by atoms with Crippen molar-refractivity contribution in [1.82, 2.24) is 0 Å². The fraction of sp³-hybridized carbons (Fsp3) is 0.798. The molecule has 0 aromatic heterocycles. The average Bonchev–Trinajstić information content (AvgIpc) is 1.64. The highest BCUT2D eigenvalue weighted by Crippen LogP contribution is 2.43. The Morgan fingerprint density at radius 3 is 0.838 bits per heavy atom. The fourth-order valence-electron chi connectivity index (χ4n) is 12.7. The second-order valence-electron chi connectivity index (χ2n) is 28.7. The number of hydrogen-bond acceptors (Lipinski definition) is 8. The third-order valence-corrected chi connectivity index (χ3v) is 19.9. The van der Waals surface area contributed by atoms with Gasteiger partial charge in [0, 0.05) is 19.4 Å². The van der Waals surface area contributed by atoms with Crippen LogP contribution in [-0.4, -0.2) is 49.3 Å². The summed E-state index contributed by atoms with van der Waals surface area (Å²) >= 11 is 0. The molecule has 2 atom stereocenters. The molecule has 0 bridgehead atoms. The zero-order valence-corrected chi connectivity index (χ0v) is 66.1. The number of unbranched alkanes of at least 4 members (excludes halogenated alkanes) is 52. The van der Waals surface area contributed by atoms with Crippen molar-refractivity contribution in [2.45, 2.75) is 431 Å². The standard InChI is InChI=1S/C89H162NO8P/c1-3-5-7-9-11-13-15-17-19-21-23-25-27-29-31-33-35-37-39-41-42-43-44-46-47-49-51-53-55-57-59-61-63-65-67-69-71-73-75-77-79-81-88(91)95-85-87(86-97-99(93,94)96-84-83-90)98-89(92)82-80-78-76-74-72-70-68-66-64-62-60-58-56-54-52-50-48-45-40-38-36-34-32-30-28-26-24-22-20-18-16-14-12-10-8-6-4-2/h6,8,12,14,18,20-21,23-24,26,30,32,36,38,45,48,87H,3-5,7,9-11,13,15-17,19,22,25,27-29,31,33-35,37,39-44,46-47,49-86,90H2,1-2H3,(H,93,94)/b8-6-,14-12-,20-18-,23-21-,26-24-,32-30-,38-36-,48-45-. The molecule has 0 saturated heterocycles. The molecule has 0 aliphatic carbocycles. The Morgan fingerprint density at radius 2 is 0.556 bits per heavy atom. The second-order valence-corrected chi connectivity index (χ2v) is 30.1. The number of esters is 2. The lowest BCUT2D eigenvalue weighted by molar-refractivity contribution is -0.161. The molecule has 0 spiro atoms. The topological polar surface area (TPSA) is 134 Å². The third-order valence-electron chi connectivity index (χ3n) is 19.0. The molecule has 0 radical (unpaired) electrons. The predicted molar refractivity (Wildman–Crippen MR) is 432 cm³/mol. The van der Waals surface area contributed by atoms with Crippen LogP contribution in [0.2, 0.25) is 0 Å². The average molecular weight is 1410 g/mol. The molecular formula is C89H162NO8P. The molecule has 9 nitrogen and oxygen atoms in total. The quantitative estimate of drug-likeness (QED) is 0.0264. The molecule has 0 aromatic rings. The van der Waals surface area contributed by atoms with Gasteiger partial charge in [-0.3, -0.25) is 18.6 Å². The summed E-state index contributed by atoms with van der Waals surface area (Å²) in [5.41, 5.74) is 5.42. The normalized spacial score (nSPS) is 13.3. The van der Waals surface area contributed by atoms with Crippen LogP contribution >= 0.6 is 7.82 Å². The zero-order valence-electron chi connectivity index (χ0n) is 65.2. The molecule has 0 saturated carbocycles. The van der Waals surface area contributed by atoms with Crippen molar-refractivity contribution in [3.05, 3.63) is 97.2 Å². The number of nitrogens with two attached hydrogens (primary N) is 1. The maximum absolute atomic E-state index is 12.8. The van der Waals surface area contributed by atoms with Crippen LogP contribution < -0.4 is 5.73 Å². The largest absolute Gasteiger partial charge is 0.472 e. The lowest BCUT2D eigenvalue weighted by Gasteiger charge is -2.19. The highest BCUT2D eigenvalue weighted by Gasteiger charge is 2.26. The molecule has 0 heterocycles. The molecule has 2 unspecified atom stereocenters. The van der Waals surface area contributed by atoms with E-state index < -0.39 is 26.5 Å². The van der Waals surface area contributed by atoms with Crippen molar-refractivity contribution >= 4 is 19.8 Å². The van der Waals surface area contributed by atoms with Gasteiger partial charge in [0.2, 0.25) is 0 Å². The van der Waals surface area contributed by atoms with Crippen LogP contribution in [0.4, 0.5) is 0 Å². The maximum atomic E-state index is 12.8. The Hall–Kier alpha value is -3.07. The van der Waals surface area contributed by atoms with Gasteiger partial charge in [0.15, 0.2) is 6.10 Å². The molecule has 0 aliphatic heterocycles. The van der Waals surface area contributed by atoms with Crippen molar-refractivity contribution in [3.63, 3.8) is 0 Å². The monoisotopic (exact) mass is 1400 g/mol. The van der Waals surface area contributed by atoms with E-state index >= 15 is 0 Å². The predicted octanol–water partition coefficient (Wildman–Crippen LogP) is 29.0. The molecule has 0 amide bonds. The van der Waals surface area contributed by atoms with Gasteiger partial charge in [-0.1, -0.05) is 413 Å². The first-order valence-corrected chi connectivity index (χ1v) is 44.2. The highest BCUT2D eigenvalue weighted by atomic mass is 31.2. The van der Waals surface area contributed by atoms with E-state index in [4.69, 9.17) is 24.3 Å². The van der Waals surface area contributed by atoms with E-state index in [2.05, 4.69) is 111 Å². The molecule has 0 rings (SSSR count). The summed E-state index contributed by atoms with van der Waals surface area (Å²) in [5, 5.41) is 0. The van der Waals surface area contributed by atoms with Gasteiger partial charge < -0.3 is 20.1 Å². The van der Waals surface area contributed by atoms with E-state index in [1.807, 2.05) is 0 Å². The van der Waals surface area contributed by atoms with E-state index in [0.717, 1.165) is 83.5 Å². The van der Waals surface area contributed by atoms with E-state index in [9.17, 15) is 19.0 Å². The fourth-order valence-corrected chi connectivity index (χ4v) is 13.4. The Bertz CT molecular complexity index is 1950. The lowest BCUT2D eigenvalue weighted by Crippen LogP contribution is -2.29. The minimum Gasteiger partial charge on any atom is -0.462 e. The summed E-state index contributed by atoms with van der Waals surface area (Å²) in [6, 6.07) is 0. The molecule has 0 fully saturated rings. The maximum Gasteiger partial charge on any atom is 0.472 e. The first kappa shape index (κ1) is 95.9. The summed E-state index contributed by atoms with van der Waals surface area (Å²) in [6.07, 6.45) is 116. The number of hydrogen-bond donors (Lipinski definition) is 2. The van der Waals surface area contributed by atoms with E-state index in [0.29, 0.717) is 6.42 Å². The number of ether oxygens (including phenoxy) is 2. The SMILES string of the molecule is CC/C=C\C/C=C\C/C=C\C/C=C\C/C=C\C/C=C\C/C=C\CCCCCCCCCCCCCCCCCC(=O)OC(COC(=O)CCCCCCCCCCCCCCCCCCCCCCCCCCCCCCC/C=C\CCCCCCCCCC)COP(=O)(O)OCCN. The summed E-state index contributed by atoms with van der Waals surface area (Å²) in [5.74, 6) is -0.810. The minimum absolute atomic E-state index is 0.0528. The van der Waals surface area contributed by atoms with Crippen LogP contribution in [-0.2, 0) is 32.7 Å². The van der Waals surface area contributed by atoms with Crippen LogP contribution in [0.3, 0.4) is 0 Å². The Kier molecular flexibility index (Phi) is 81.3. The van der Waals surface area contributed by atoms with Crippen LogP contribution in [0.25, 0.3) is 0 Å². The van der Waals surface area contributed by atoms with Gasteiger partial charge >= 0.3 is 19.8 Å². The smallest absolute Gasteiger partial charge is 0.462 e. The van der Waals surface area contributed by atoms with E-state index in [-0.39, 0.29) is 38.6 Å². The molecular weight excluding hydrogens is 1240 g/mol. The van der Waals surface area contributed by atoms with Gasteiger partial charge in [-0.2, -0.15) is 0 Å². The Labute approximate surface area is 614 Å². The van der Waals surface area contributed by atoms with Crippen molar-refractivity contribution < 1.29 is 37.6 Å². The second kappa shape index (κ2) is 83.9. The Morgan fingerprint density at radius 1 is 0.313 bits per heavy atom. The van der Waals surface area contributed by atoms with Crippen molar-refractivity contribution in [2.75, 3.05) is 26.4 Å². The van der Waals surface area contributed by atoms with Crippen molar-refractivity contribution in [3.8, 4) is 0 Å². The van der Waals surface area contributed by atoms with Crippen LogP contribution in [0, 0.1) is 0 Å². The molecule has 0 aromatic carbocycles. The van der Waals surface area contributed by atoms with Crippen molar-refractivity contribution in [2.24, 2.45) is 5.73 Å². The Balaban J connectivity index is 3.76. The van der Waals surface area contributed by atoms with Crippen molar-refractivity contribution in [1.29, 1.82) is 0 Å². The van der Waals surface area contributed by atoms with Gasteiger partial charge in [0.25, 0.3) is 0 Å². The zero-order chi connectivity index (χ0) is 71.5. The highest BCUT2D eigenvalue weighted by molar-refractivity contribution is 7.47. The molecule has 3 N–H and O–H groups in total. The van der Waals surface area contributed by atoms with Crippen LogP contribution in [0.5, 0.6) is 0 Å². The van der Waals surface area contributed by atoms with Gasteiger partial charge in [-0.25, -0.2) is 4.57 Å². The lowest BCUT2D eigenvalue weighted by atomic mass is 10.0. The number of rotatable bonds is 81. The van der Waals surface area contributed by atoms with Gasteiger partial charge in [0.1, 0.15) is 6.61 Å². The number of carbonyl (C=O) groups is 2. The van der Waals surface area contributed by atoms with Crippen LogP contribution in [0.1, 0.15) is 425 Å². The van der Waals surface area contributed by atoms with Crippen LogP contribution in [0.15, 0.2) is 97.2 Å². The summed E-state index contributed by atoms with van der Waals surface area (Å²) < 4.78 is 33.3. The van der Waals surface area contributed by atoms with Gasteiger partial charge in [-0.15, -0.1) is 0 Å². The van der Waals surface area contributed by atoms with E-state index in [1.54, 1.807) is 0 Å². The first-order valence-electron chi connectivity index (χ1n) is 42.7. The third kappa shape index (κ3) is 83.8.